The van der Waals surface area contributed by atoms with E-state index in [1.165, 1.54) is 18.2 Å². The van der Waals surface area contributed by atoms with Gasteiger partial charge in [-0.3, -0.25) is 14.8 Å². The summed E-state index contributed by atoms with van der Waals surface area (Å²) in [6.45, 7) is 6.02. The Hall–Kier alpha value is -1.69. The molecule has 2 N–H and O–H groups in total. The van der Waals surface area contributed by atoms with Crippen LogP contribution in [0, 0.1) is 0 Å². The Kier molecular flexibility index (Phi) is 4.88. The normalized spacial score (nSPS) is 26.3. The van der Waals surface area contributed by atoms with Crippen LogP contribution in [0.2, 0.25) is 0 Å². The number of nitrogens with zero attached hydrogens (tertiary/aromatic N) is 3. The molecule has 2 aliphatic rings. The van der Waals surface area contributed by atoms with Crippen LogP contribution in [0.5, 0.6) is 0 Å². The van der Waals surface area contributed by atoms with Crippen LogP contribution in [0.1, 0.15) is 26.2 Å². The molecule has 1 aromatic carbocycles. The molecule has 0 bridgehead atoms. The third-order valence-corrected chi connectivity index (χ3v) is 5.69. The highest BCUT2D eigenvalue weighted by Crippen LogP contribution is 2.24. The first-order valence-corrected chi connectivity index (χ1v) is 9.47. The predicted molar refractivity (Wildman–Crippen MR) is 102 cm³/mol. The summed E-state index contributed by atoms with van der Waals surface area (Å²) >= 11 is 0. The van der Waals surface area contributed by atoms with Gasteiger partial charge in [-0.05, 0) is 38.3 Å². The molecular weight excluding hydrogens is 312 g/mol. The lowest BCUT2D eigenvalue weighted by Crippen LogP contribution is -2.45. The highest BCUT2D eigenvalue weighted by atomic mass is 16.3. The van der Waals surface area contributed by atoms with Crippen LogP contribution in [-0.2, 0) is 0 Å². The number of nitrogens with one attached hydrogen (secondary N) is 1. The lowest BCUT2D eigenvalue weighted by atomic mass is 10.1. The molecule has 1 aromatic heterocycles. The van der Waals surface area contributed by atoms with Crippen molar-refractivity contribution < 1.29 is 5.11 Å². The number of benzene rings is 1. The molecule has 4 rings (SSSR count). The zero-order valence-electron chi connectivity index (χ0n) is 14.9. The van der Waals surface area contributed by atoms with Gasteiger partial charge in [0.1, 0.15) is 6.23 Å². The quantitative estimate of drug-likeness (QED) is 0.876. The molecule has 134 valence electrons. The third-order valence-electron chi connectivity index (χ3n) is 5.69. The van der Waals surface area contributed by atoms with Crippen molar-refractivity contribution in [2.45, 2.75) is 44.5 Å². The van der Waals surface area contributed by atoms with E-state index in [0.717, 1.165) is 43.8 Å². The Labute approximate surface area is 149 Å². The monoisotopic (exact) mass is 340 g/mol. The van der Waals surface area contributed by atoms with Gasteiger partial charge in [-0.2, -0.15) is 0 Å². The van der Waals surface area contributed by atoms with Crippen molar-refractivity contribution in [2.24, 2.45) is 0 Å². The summed E-state index contributed by atoms with van der Waals surface area (Å²) < 4.78 is 0. The summed E-state index contributed by atoms with van der Waals surface area (Å²) in [4.78, 5) is 9.07. The number of hydrogen-bond donors (Lipinski definition) is 2. The molecule has 2 aliphatic heterocycles. The number of anilines is 1. The van der Waals surface area contributed by atoms with E-state index in [2.05, 4.69) is 51.3 Å². The van der Waals surface area contributed by atoms with Gasteiger partial charge in [0.25, 0.3) is 0 Å². The lowest BCUT2D eigenvalue weighted by Gasteiger charge is -2.30. The number of aromatic nitrogens is 1. The molecule has 0 spiro atoms. The van der Waals surface area contributed by atoms with Gasteiger partial charge in [0, 0.05) is 55.5 Å². The van der Waals surface area contributed by atoms with Gasteiger partial charge in [0.2, 0.25) is 0 Å². The lowest BCUT2D eigenvalue weighted by molar-refractivity contribution is -0.0210. The number of pyridine rings is 1. The first-order chi connectivity index (χ1) is 12.2. The highest BCUT2D eigenvalue weighted by molar-refractivity contribution is 5.90. The zero-order valence-corrected chi connectivity index (χ0v) is 14.9. The molecule has 3 atom stereocenters. The summed E-state index contributed by atoms with van der Waals surface area (Å²) in [5, 5.41) is 15.4. The maximum absolute atomic E-state index is 10.6. The third kappa shape index (κ3) is 3.64. The fourth-order valence-electron chi connectivity index (χ4n) is 4.29. The molecule has 2 fully saturated rings. The van der Waals surface area contributed by atoms with Crippen molar-refractivity contribution in [1.29, 1.82) is 0 Å². The SMILES string of the molecule is C[C@@H]1CCCN1C(O)CN1CC[C@H](Nc2ccnc3ccccc23)C1. The molecule has 5 heteroatoms. The first kappa shape index (κ1) is 16.8. The van der Waals surface area contributed by atoms with E-state index in [0.29, 0.717) is 12.1 Å². The fraction of sp³-hybridized carbons (Fsp3) is 0.550. The van der Waals surface area contributed by atoms with Crippen molar-refractivity contribution in [3.63, 3.8) is 0 Å². The van der Waals surface area contributed by atoms with E-state index >= 15 is 0 Å². The maximum Gasteiger partial charge on any atom is 0.120 e. The molecule has 1 unspecified atom stereocenters. The van der Waals surface area contributed by atoms with Gasteiger partial charge in [0.05, 0.1) is 5.52 Å². The Balaban J connectivity index is 1.36. The second-order valence-electron chi connectivity index (χ2n) is 7.47. The minimum Gasteiger partial charge on any atom is -0.380 e. The van der Waals surface area contributed by atoms with Crippen molar-refractivity contribution in [3.05, 3.63) is 36.5 Å². The van der Waals surface area contributed by atoms with Crippen molar-refractivity contribution in [1.82, 2.24) is 14.8 Å². The van der Waals surface area contributed by atoms with E-state index in [4.69, 9.17) is 0 Å². The Bertz CT molecular complexity index is 716. The summed E-state index contributed by atoms with van der Waals surface area (Å²) in [7, 11) is 0. The summed E-state index contributed by atoms with van der Waals surface area (Å²) in [5.74, 6) is 0. The number of para-hydroxylation sites is 1. The van der Waals surface area contributed by atoms with Crippen LogP contribution in [0.4, 0.5) is 5.69 Å². The van der Waals surface area contributed by atoms with E-state index in [9.17, 15) is 5.11 Å². The standard InChI is InChI=1S/C20H28N4O/c1-15-5-4-11-24(15)20(25)14-23-12-9-16(13-23)22-19-8-10-21-18-7-3-2-6-17(18)19/h2-3,6-8,10,15-16,20,25H,4-5,9,11-14H2,1H3,(H,21,22)/t15-,16+,20?/m1/s1. The van der Waals surface area contributed by atoms with Crippen LogP contribution in [0.15, 0.2) is 36.5 Å². The van der Waals surface area contributed by atoms with E-state index in [1.54, 1.807) is 0 Å². The van der Waals surface area contributed by atoms with Crippen LogP contribution in [-0.4, -0.2) is 64.4 Å². The minimum atomic E-state index is -0.335. The molecule has 0 amide bonds. The van der Waals surface area contributed by atoms with Gasteiger partial charge >= 0.3 is 0 Å². The zero-order chi connectivity index (χ0) is 17.2. The molecule has 5 nitrogen and oxygen atoms in total. The summed E-state index contributed by atoms with van der Waals surface area (Å²) in [6, 6.07) is 11.3. The molecular formula is C20H28N4O. The van der Waals surface area contributed by atoms with E-state index in [-0.39, 0.29) is 6.23 Å². The summed E-state index contributed by atoms with van der Waals surface area (Å²) in [6.07, 6.45) is 5.06. The van der Waals surface area contributed by atoms with Crippen LogP contribution >= 0.6 is 0 Å². The number of likely N-dealkylation sites (tertiary alicyclic amines) is 2. The van der Waals surface area contributed by atoms with Gasteiger partial charge in [-0.1, -0.05) is 18.2 Å². The number of β-amino-alcohol motifs (C(OH)–C–C–N with tert-alkyl or cyclic N) is 1. The number of aliphatic hydroxyl groups excluding tert-OH is 1. The second-order valence-corrected chi connectivity index (χ2v) is 7.47. The van der Waals surface area contributed by atoms with Crippen LogP contribution < -0.4 is 5.32 Å². The van der Waals surface area contributed by atoms with Crippen molar-refractivity contribution in [3.8, 4) is 0 Å². The Morgan fingerprint density at radius 3 is 2.96 bits per heavy atom. The van der Waals surface area contributed by atoms with Crippen LogP contribution in [0.25, 0.3) is 10.9 Å². The first-order valence-electron chi connectivity index (χ1n) is 9.47. The largest absolute Gasteiger partial charge is 0.380 e. The molecule has 3 heterocycles. The molecule has 2 aromatic rings. The number of rotatable bonds is 5. The molecule has 25 heavy (non-hydrogen) atoms. The van der Waals surface area contributed by atoms with Gasteiger partial charge in [-0.25, -0.2) is 0 Å². The number of fused-ring (bicyclic) bond motifs is 1. The second kappa shape index (κ2) is 7.28. The van der Waals surface area contributed by atoms with E-state index < -0.39 is 0 Å². The molecule has 0 saturated carbocycles. The van der Waals surface area contributed by atoms with Gasteiger partial charge in [0.15, 0.2) is 0 Å². The average molecular weight is 340 g/mol. The minimum absolute atomic E-state index is 0.335. The Morgan fingerprint density at radius 2 is 2.12 bits per heavy atom. The van der Waals surface area contributed by atoms with E-state index in [1.807, 2.05) is 12.3 Å². The molecule has 2 saturated heterocycles. The smallest absolute Gasteiger partial charge is 0.120 e. The van der Waals surface area contributed by atoms with Crippen LogP contribution in [0.3, 0.4) is 0 Å². The fourth-order valence-corrected chi connectivity index (χ4v) is 4.29. The Morgan fingerprint density at radius 1 is 1.24 bits per heavy atom. The molecule has 0 aliphatic carbocycles. The topological polar surface area (TPSA) is 51.6 Å². The molecule has 0 radical (unpaired) electrons. The summed E-state index contributed by atoms with van der Waals surface area (Å²) in [5.41, 5.74) is 2.19. The van der Waals surface area contributed by atoms with Gasteiger partial charge in [-0.15, -0.1) is 0 Å². The predicted octanol–water partition coefficient (Wildman–Crippen LogP) is 2.52. The van der Waals surface area contributed by atoms with Gasteiger partial charge < -0.3 is 10.4 Å². The number of aliphatic hydroxyl groups is 1. The van der Waals surface area contributed by atoms with Crippen molar-refractivity contribution >= 4 is 16.6 Å². The average Bonchev–Trinajstić information content (AvgIpc) is 3.24. The number of hydrogen-bond acceptors (Lipinski definition) is 5. The van der Waals surface area contributed by atoms with Crippen molar-refractivity contribution in [2.75, 3.05) is 31.5 Å². The highest BCUT2D eigenvalue weighted by Gasteiger charge is 2.30. The maximum atomic E-state index is 10.6.